The van der Waals surface area contributed by atoms with Crippen LogP contribution in [0.5, 0.6) is 5.75 Å². The largest absolute Gasteiger partial charge is 0.489 e. The number of fused-ring (bicyclic) bond motifs is 4. The lowest BCUT2D eigenvalue weighted by atomic mass is 9.63. The number of amides is 1. The molecule has 1 aromatic carbocycles. The van der Waals surface area contributed by atoms with E-state index in [0.717, 1.165) is 76.4 Å². The maximum absolute atomic E-state index is 14.0. The number of aromatic nitrogens is 1. The lowest BCUT2D eigenvalue weighted by Gasteiger charge is -2.52. The molecule has 0 radical (unpaired) electrons. The highest BCUT2D eigenvalue weighted by atomic mass is 35.5. The maximum atomic E-state index is 14.0. The number of anilines is 1. The van der Waals surface area contributed by atoms with Gasteiger partial charge in [-0.25, -0.2) is 9.19 Å². The van der Waals surface area contributed by atoms with E-state index in [4.69, 9.17) is 26.1 Å². The first kappa shape index (κ1) is 37.7. The minimum Gasteiger partial charge on any atom is -0.489 e. The van der Waals surface area contributed by atoms with Crippen LogP contribution in [0.2, 0.25) is 5.02 Å². The molecule has 1 spiro atoms. The number of hydrogen-bond donors (Lipinski definition) is 1. The molecule has 7 rings (SSSR count). The number of pyridine rings is 1. The van der Waals surface area contributed by atoms with E-state index in [0.29, 0.717) is 49.0 Å². The van der Waals surface area contributed by atoms with Gasteiger partial charge in [0, 0.05) is 68.1 Å². The molecule has 1 amide bonds. The summed E-state index contributed by atoms with van der Waals surface area (Å²) in [5.74, 6) is 5.57. The van der Waals surface area contributed by atoms with Crippen LogP contribution in [0.3, 0.4) is 0 Å². The van der Waals surface area contributed by atoms with Gasteiger partial charge in [-0.3, -0.25) is 19.3 Å². The van der Waals surface area contributed by atoms with Crippen molar-refractivity contribution in [3.63, 3.8) is 0 Å². The van der Waals surface area contributed by atoms with Gasteiger partial charge in [-0.1, -0.05) is 43.7 Å². The van der Waals surface area contributed by atoms with Gasteiger partial charge in [0.1, 0.15) is 11.3 Å². The number of aryl methyl sites for hydroxylation is 1. The molecule has 4 heterocycles. The molecule has 2 aromatic rings. The average Bonchev–Trinajstić information content (AvgIpc) is 3.25. The number of rotatable bonds is 4. The number of carbonyl (C=O) groups is 1. The molecule has 2 aliphatic carbocycles. The van der Waals surface area contributed by atoms with Crippen molar-refractivity contribution in [1.82, 2.24) is 19.5 Å². The third-order valence-electron chi connectivity index (χ3n) is 13.3. The minimum atomic E-state index is -2.99. The average molecular weight is 752 g/mol. The van der Waals surface area contributed by atoms with Crippen LogP contribution in [0.1, 0.15) is 81.4 Å². The van der Waals surface area contributed by atoms with Crippen molar-refractivity contribution in [2.45, 2.75) is 88.5 Å². The van der Waals surface area contributed by atoms with E-state index in [1.165, 1.54) is 11.1 Å². The SMILES string of the molecule is C=S1(=O)NC(=O)c2ccc3c(n2)N(C[C@@H]2CC[C@H]2[C@@](CN2CCN(CC)[C@H](C)C2)(OC)/C=C/C[C@H](C)[C@H]1C)C[C@@]1(CCCc2cc(Cl)ccc21)CO3. The third-order valence-corrected chi connectivity index (χ3v) is 15.7. The van der Waals surface area contributed by atoms with Crippen LogP contribution >= 0.6 is 11.6 Å². The molecule has 52 heavy (non-hydrogen) atoms. The smallest absolute Gasteiger partial charge is 0.281 e. The van der Waals surface area contributed by atoms with Crippen molar-refractivity contribution in [2.75, 3.05) is 64.4 Å². The second-order valence-corrected chi connectivity index (χ2v) is 19.3. The second-order valence-electron chi connectivity index (χ2n) is 16.4. The molecule has 2 bridgehead atoms. The molecule has 1 saturated carbocycles. The van der Waals surface area contributed by atoms with E-state index in [2.05, 4.69) is 70.3 Å². The summed E-state index contributed by atoms with van der Waals surface area (Å²) in [6, 6.07) is 10.4. The quantitative estimate of drug-likeness (QED) is 0.302. The Morgan fingerprint density at radius 1 is 1.15 bits per heavy atom. The van der Waals surface area contributed by atoms with Gasteiger partial charge in [0.2, 0.25) is 0 Å². The summed E-state index contributed by atoms with van der Waals surface area (Å²) in [6.07, 6.45) is 10.5. The van der Waals surface area contributed by atoms with Crippen molar-refractivity contribution in [3.05, 3.63) is 64.3 Å². The Labute approximate surface area is 316 Å². The summed E-state index contributed by atoms with van der Waals surface area (Å²) in [7, 11) is -1.10. The molecule has 2 fully saturated rings. The number of likely N-dealkylation sites (N-methyl/N-ethyl adjacent to an activating group) is 1. The van der Waals surface area contributed by atoms with Crippen LogP contribution in [0, 0.1) is 17.8 Å². The molecule has 11 heteroatoms. The fourth-order valence-corrected chi connectivity index (χ4v) is 11.4. The molecule has 1 aromatic heterocycles. The maximum Gasteiger partial charge on any atom is 0.281 e. The Morgan fingerprint density at radius 3 is 2.71 bits per heavy atom. The highest BCUT2D eigenvalue weighted by Crippen LogP contribution is 2.49. The number of allylic oxidation sites excluding steroid dienone is 1. The zero-order valence-corrected chi connectivity index (χ0v) is 33.3. The summed E-state index contributed by atoms with van der Waals surface area (Å²) in [6.45, 7) is 15.6. The standard InChI is InChI=1S/C41H58ClN5O4S/c1-7-46-21-20-45(23-29(46)3)26-41(50-5)19-8-10-28(2)30(4)52(6,49)44-39(48)36-16-17-37-38(43-36)47(24-32-12-14-35(32)41)25-40(27-51-37)18-9-11-31-22-33(42)13-15-34(31)40/h8,13,15-17,19,22,28-30,32,35H,6-7,9-12,14,18,20-21,23-27H2,1-5H3,(H,44,48,49)/b19-8+/t28-,29+,30+,32-,35+,40-,41+,52?/m0/s1. The summed E-state index contributed by atoms with van der Waals surface area (Å²) in [5.41, 5.74) is 2.05. The first-order valence-corrected chi connectivity index (χ1v) is 21.6. The normalized spacial score (nSPS) is 36.5. The zero-order valence-electron chi connectivity index (χ0n) is 31.7. The summed E-state index contributed by atoms with van der Waals surface area (Å²) < 4.78 is 30.2. The number of ether oxygens (including phenoxy) is 2. The first-order valence-electron chi connectivity index (χ1n) is 19.4. The third kappa shape index (κ3) is 7.15. The number of nitrogens with zero attached hydrogens (tertiary/aromatic N) is 4. The number of halogens is 1. The topological polar surface area (TPSA) is 87.2 Å². The molecule has 9 nitrogen and oxygen atoms in total. The van der Waals surface area contributed by atoms with Gasteiger partial charge in [-0.2, -0.15) is 0 Å². The Morgan fingerprint density at radius 2 is 1.98 bits per heavy atom. The summed E-state index contributed by atoms with van der Waals surface area (Å²) in [4.78, 5) is 26.3. The lowest BCUT2D eigenvalue weighted by molar-refractivity contribution is -0.0980. The Hall–Kier alpha value is -2.63. The van der Waals surface area contributed by atoms with Crippen molar-refractivity contribution in [3.8, 4) is 5.75 Å². The number of carbonyl (C=O) groups excluding carboxylic acids is 1. The monoisotopic (exact) mass is 751 g/mol. The molecule has 1 saturated heterocycles. The predicted molar refractivity (Wildman–Crippen MR) is 212 cm³/mol. The van der Waals surface area contributed by atoms with Gasteiger partial charge in [0.15, 0.2) is 11.6 Å². The van der Waals surface area contributed by atoms with Crippen LogP contribution in [-0.4, -0.2) is 107 Å². The number of piperazine rings is 1. The summed E-state index contributed by atoms with van der Waals surface area (Å²) >= 11 is 6.51. The number of methoxy groups -OCH3 is 1. The van der Waals surface area contributed by atoms with Gasteiger partial charge in [-0.15, -0.1) is 0 Å². The highest BCUT2D eigenvalue weighted by Gasteiger charge is 2.50. The van der Waals surface area contributed by atoms with Gasteiger partial charge in [0.05, 0.1) is 16.3 Å². The van der Waals surface area contributed by atoms with Gasteiger partial charge < -0.3 is 14.4 Å². The lowest BCUT2D eigenvalue weighted by Crippen LogP contribution is -2.60. The van der Waals surface area contributed by atoms with Gasteiger partial charge in [0.25, 0.3) is 5.91 Å². The molecule has 5 aliphatic rings. The van der Waals surface area contributed by atoms with Crippen molar-refractivity contribution in [2.24, 2.45) is 17.8 Å². The van der Waals surface area contributed by atoms with E-state index < -0.39 is 21.2 Å². The fourth-order valence-electron chi connectivity index (χ4n) is 9.78. The molecule has 1 unspecified atom stereocenters. The van der Waals surface area contributed by atoms with Crippen LogP contribution in [-0.2, 0) is 26.3 Å². The summed E-state index contributed by atoms with van der Waals surface area (Å²) in [5, 5.41) is 0.402. The Kier molecular flexibility index (Phi) is 10.8. The van der Waals surface area contributed by atoms with Crippen LogP contribution < -0.4 is 14.4 Å². The van der Waals surface area contributed by atoms with Crippen LogP contribution in [0.4, 0.5) is 5.82 Å². The molecule has 284 valence electrons. The number of hydrogen-bond acceptors (Lipinski definition) is 8. The van der Waals surface area contributed by atoms with E-state index in [1.54, 1.807) is 6.07 Å². The van der Waals surface area contributed by atoms with Gasteiger partial charge >= 0.3 is 0 Å². The molecule has 8 atom stereocenters. The van der Waals surface area contributed by atoms with Crippen molar-refractivity contribution in [1.29, 1.82) is 0 Å². The van der Waals surface area contributed by atoms with Crippen molar-refractivity contribution >= 4 is 38.9 Å². The Bertz CT molecular complexity index is 1790. The van der Waals surface area contributed by atoms with Crippen LogP contribution in [0.25, 0.3) is 0 Å². The molecule has 3 aliphatic heterocycles. The Balaban J connectivity index is 1.30. The van der Waals surface area contributed by atoms with Crippen molar-refractivity contribution < 1.29 is 18.5 Å². The molecular formula is C41H58ClN5O4S. The number of benzene rings is 1. The van der Waals surface area contributed by atoms with Gasteiger partial charge in [-0.05, 0) is 118 Å². The fraction of sp³-hybridized carbons (Fsp3) is 0.634. The molecular weight excluding hydrogens is 694 g/mol. The second kappa shape index (κ2) is 14.9. The van der Waals surface area contributed by atoms with E-state index in [-0.39, 0.29) is 22.3 Å². The highest BCUT2D eigenvalue weighted by molar-refractivity contribution is 7.99. The number of nitrogens with one attached hydrogen (secondary N) is 1. The minimum absolute atomic E-state index is 0.0164. The molecule has 1 N–H and O–H groups in total. The zero-order chi connectivity index (χ0) is 36.8. The first-order chi connectivity index (χ1) is 24.9. The van der Waals surface area contributed by atoms with Crippen LogP contribution in [0.15, 0.2) is 42.5 Å². The van der Waals surface area contributed by atoms with E-state index in [1.807, 2.05) is 26.2 Å². The van der Waals surface area contributed by atoms with E-state index >= 15 is 0 Å². The van der Waals surface area contributed by atoms with E-state index in [9.17, 15) is 9.00 Å². The predicted octanol–water partition coefficient (Wildman–Crippen LogP) is 5.99.